The van der Waals surface area contributed by atoms with Crippen LogP contribution in [-0.4, -0.2) is 36.8 Å². The lowest BCUT2D eigenvalue weighted by molar-refractivity contribution is -0.119. The lowest BCUT2D eigenvalue weighted by Crippen LogP contribution is -2.40. The standard InChI is InChI=1S/C16H23N3O4/c1-10(20)17-8-12-9-18-13-7-11(5-6-14(13)22-12)19-15(21)23-16(2,3)4/h5-7,12,18H,8-9H2,1-4H3,(H,17,20)(H,19,21)/t12-/m0/s1. The third-order valence-corrected chi connectivity index (χ3v) is 3.02. The van der Waals surface area contributed by atoms with Crippen molar-refractivity contribution in [3.05, 3.63) is 18.2 Å². The van der Waals surface area contributed by atoms with Crippen molar-refractivity contribution in [1.82, 2.24) is 5.32 Å². The van der Waals surface area contributed by atoms with Gasteiger partial charge in [0.2, 0.25) is 5.91 Å². The van der Waals surface area contributed by atoms with E-state index in [1.165, 1.54) is 6.92 Å². The molecule has 2 rings (SSSR count). The summed E-state index contributed by atoms with van der Waals surface area (Å²) in [5.74, 6) is 0.595. The second-order valence-corrected chi connectivity index (χ2v) is 6.40. The van der Waals surface area contributed by atoms with Crippen LogP contribution in [0.1, 0.15) is 27.7 Å². The molecule has 23 heavy (non-hydrogen) atoms. The van der Waals surface area contributed by atoms with Crippen LogP contribution < -0.4 is 20.7 Å². The van der Waals surface area contributed by atoms with E-state index in [0.717, 1.165) is 5.69 Å². The van der Waals surface area contributed by atoms with E-state index in [1.54, 1.807) is 18.2 Å². The summed E-state index contributed by atoms with van der Waals surface area (Å²) in [6, 6.07) is 5.30. The molecule has 2 amide bonds. The van der Waals surface area contributed by atoms with E-state index >= 15 is 0 Å². The van der Waals surface area contributed by atoms with Crippen molar-refractivity contribution in [2.24, 2.45) is 0 Å². The summed E-state index contributed by atoms with van der Waals surface area (Å²) in [6.07, 6.45) is -0.631. The molecule has 0 saturated carbocycles. The molecular weight excluding hydrogens is 298 g/mol. The normalized spacial score (nSPS) is 16.4. The van der Waals surface area contributed by atoms with Crippen LogP contribution in [0.2, 0.25) is 0 Å². The Hall–Kier alpha value is -2.44. The SMILES string of the molecule is CC(=O)NC[C@H]1CNc2cc(NC(=O)OC(C)(C)C)ccc2O1. The van der Waals surface area contributed by atoms with Gasteiger partial charge in [-0.15, -0.1) is 0 Å². The second kappa shape index (κ2) is 6.76. The molecule has 3 N–H and O–H groups in total. The fourth-order valence-electron chi connectivity index (χ4n) is 2.09. The summed E-state index contributed by atoms with van der Waals surface area (Å²) in [5.41, 5.74) is 0.864. The Morgan fingerprint density at radius 3 is 2.78 bits per heavy atom. The quantitative estimate of drug-likeness (QED) is 0.795. The van der Waals surface area contributed by atoms with Crippen LogP contribution in [0, 0.1) is 0 Å². The van der Waals surface area contributed by atoms with Crippen molar-refractivity contribution in [1.29, 1.82) is 0 Å². The van der Waals surface area contributed by atoms with E-state index in [1.807, 2.05) is 20.8 Å². The maximum atomic E-state index is 11.8. The molecule has 1 aliphatic rings. The van der Waals surface area contributed by atoms with Gasteiger partial charge in [0.15, 0.2) is 0 Å². The van der Waals surface area contributed by atoms with Crippen LogP contribution >= 0.6 is 0 Å². The van der Waals surface area contributed by atoms with Crippen molar-refractivity contribution in [3.8, 4) is 5.75 Å². The van der Waals surface area contributed by atoms with Crippen molar-refractivity contribution in [2.45, 2.75) is 39.4 Å². The highest BCUT2D eigenvalue weighted by Gasteiger charge is 2.21. The van der Waals surface area contributed by atoms with Crippen molar-refractivity contribution in [3.63, 3.8) is 0 Å². The van der Waals surface area contributed by atoms with Crippen molar-refractivity contribution >= 4 is 23.4 Å². The molecule has 1 aromatic rings. The number of hydrogen-bond acceptors (Lipinski definition) is 5. The van der Waals surface area contributed by atoms with Crippen molar-refractivity contribution in [2.75, 3.05) is 23.7 Å². The molecule has 0 unspecified atom stereocenters. The summed E-state index contributed by atoms with van der Waals surface area (Å²) in [6.45, 7) is 7.92. The fraction of sp³-hybridized carbons (Fsp3) is 0.500. The maximum absolute atomic E-state index is 11.8. The molecule has 7 heteroatoms. The summed E-state index contributed by atoms with van der Waals surface area (Å²) in [5, 5.41) is 8.64. The minimum Gasteiger partial charge on any atom is -0.485 e. The van der Waals surface area contributed by atoms with Gasteiger partial charge >= 0.3 is 6.09 Å². The summed E-state index contributed by atoms with van der Waals surface area (Å²) < 4.78 is 11.0. The number of carbonyl (C=O) groups excluding carboxylic acids is 2. The number of ether oxygens (including phenoxy) is 2. The predicted molar refractivity (Wildman–Crippen MR) is 87.9 cm³/mol. The minimum absolute atomic E-state index is 0.0868. The monoisotopic (exact) mass is 321 g/mol. The Labute approximate surface area is 135 Å². The Morgan fingerprint density at radius 2 is 2.13 bits per heavy atom. The third kappa shape index (κ3) is 5.36. The van der Waals surface area contributed by atoms with Crippen LogP contribution in [0.15, 0.2) is 18.2 Å². The number of rotatable bonds is 3. The van der Waals surface area contributed by atoms with E-state index in [4.69, 9.17) is 9.47 Å². The van der Waals surface area contributed by atoms with Gasteiger partial charge in [-0.3, -0.25) is 10.1 Å². The number of anilines is 2. The molecule has 0 spiro atoms. The summed E-state index contributed by atoms with van der Waals surface area (Å²) in [7, 11) is 0. The summed E-state index contributed by atoms with van der Waals surface area (Å²) in [4.78, 5) is 22.7. The maximum Gasteiger partial charge on any atom is 0.412 e. The highest BCUT2D eigenvalue weighted by Crippen LogP contribution is 2.31. The van der Waals surface area contributed by atoms with Crippen LogP contribution in [0.4, 0.5) is 16.2 Å². The van der Waals surface area contributed by atoms with Gasteiger partial charge in [-0.05, 0) is 39.0 Å². The molecule has 0 fully saturated rings. The first-order valence-electron chi connectivity index (χ1n) is 7.52. The highest BCUT2D eigenvalue weighted by atomic mass is 16.6. The van der Waals surface area contributed by atoms with Crippen LogP contribution in [0.25, 0.3) is 0 Å². The van der Waals surface area contributed by atoms with E-state index in [0.29, 0.717) is 24.5 Å². The lowest BCUT2D eigenvalue weighted by Gasteiger charge is -2.28. The Bertz CT molecular complexity index is 595. The number of carbonyl (C=O) groups is 2. The average Bonchev–Trinajstić information content (AvgIpc) is 2.42. The lowest BCUT2D eigenvalue weighted by atomic mass is 10.2. The molecular formula is C16H23N3O4. The smallest absolute Gasteiger partial charge is 0.412 e. The predicted octanol–water partition coefficient (Wildman–Crippen LogP) is 2.34. The molecule has 0 radical (unpaired) electrons. The molecule has 7 nitrogen and oxygen atoms in total. The first-order chi connectivity index (χ1) is 10.7. The van der Waals surface area contributed by atoms with Crippen LogP contribution in [0.3, 0.4) is 0 Å². The van der Waals surface area contributed by atoms with Gasteiger partial charge in [-0.2, -0.15) is 0 Å². The molecule has 0 aliphatic carbocycles. The van der Waals surface area contributed by atoms with Gasteiger partial charge in [0, 0.05) is 12.6 Å². The Balaban J connectivity index is 1.96. The number of benzene rings is 1. The molecule has 0 bridgehead atoms. The fourth-order valence-corrected chi connectivity index (χ4v) is 2.09. The molecule has 1 aromatic carbocycles. The Kier molecular flexibility index (Phi) is 4.98. The molecule has 1 aliphatic heterocycles. The third-order valence-electron chi connectivity index (χ3n) is 3.02. The van der Waals surface area contributed by atoms with E-state index in [2.05, 4.69) is 16.0 Å². The van der Waals surface area contributed by atoms with Gasteiger partial charge in [-0.1, -0.05) is 0 Å². The summed E-state index contributed by atoms with van der Waals surface area (Å²) >= 11 is 0. The first-order valence-corrected chi connectivity index (χ1v) is 7.52. The second-order valence-electron chi connectivity index (χ2n) is 6.40. The largest absolute Gasteiger partial charge is 0.485 e. The molecule has 0 aromatic heterocycles. The van der Waals surface area contributed by atoms with Gasteiger partial charge in [0.05, 0.1) is 18.8 Å². The number of fused-ring (bicyclic) bond motifs is 1. The number of hydrogen-bond donors (Lipinski definition) is 3. The topological polar surface area (TPSA) is 88.7 Å². The van der Waals surface area contributed by atoms with Crippen molar-refractivity contribution < 1.29 is 19.1 Å². The first kappa shape index (κ1) is 16.9. The van der Waals surface area contributed by atoms with E-state index < -0.39 is 11.7 Å². The average molecular weight is 321 g/mol. The molecule has 1 heterocycles. The van der Waals surface area contributed by atoms with Gasteiger partial charge in [0.25, 0.3) is 0 Å². The van der Waals surface area contributed by atoms with Gasteiger partial charge in [0.1, 0.15) is 17.5 Å². The number of amides is 2. The number of nitrogens with one attached hydrogen (secondary N) is 3. The minimum atomic E-state index is -0.545. The molecule has 1 atom stereocenters. The van der Waals surface area contributed by atoms with Gasteiger partial charge < -0.3 is 20.1 Å². The zero-order valence-electron chi connectivity index (χ0n) is 13.9. The molecule has 126 valence electrons. The molecule has 0 saturated heterocycles. The van der Waals surface area contributed by atoms with Crippen LogP contribution in [-0.2, 0) is 9.53 Å². The zero-order valence-corrected chi connectivity index (χ0v) is 13.9. The van der Waals surface area contributed by atoms with Crippen LogP contribution in [0.5, 0.6) is 5.75 Å². The van der Waals surface area contributed by atoms with E-state index in [-0.39, 0.29) is 12.0 Å². The zero-order chi connectivity index (χ0) is 17.0. The van der Waals surface area contributed by atoms with Gasteiger partial charge in [-0.25, -0.2) is 4.79 Å². The highest BCUT2D eigenvalue weighted by molar-refractivity contribution is 5.86. The Morgan fingerprint density at radius 1 is 1.39 bits per heavy atom. The van der Waals surface area contributed by atoms with E-state index in [9.17, 15) is 9.59 Å².